The molecule has 1 atom stereocenters. The summed E-state index contributed by atoms with van der Waals surface area (Å²) in [7, 11) is 1.66. The van der Waals surface area contributed by atoms with E-state index in [9.17, 15) is 0 Å². The number of methoxy groups -OCH3 is 1. The summed E-state index contributed by atoms with van der Waals surface area (Å²) in [5.74, 6) is 0. The zero-order valence-corrected chi connectivity index (χ0v) is 9.47. The average Bonchev–Trinajstić information content (AvgIpc) is 2.04. The molecule has 3 heteroatoms. The van der Waals surface area contributed by atoms with Crippen LogP contribution in [0.5, 0.6) is 0 Å². The van der Waals surface area contributed by atoms with E-state index >= 15 is 0 Å². The van der Waals surface area contributed by atoms with Crippen LogP contribution >= 0.6 is 15.9 Å². The van der Waals surface area contributed by atoms with Crippen LogP contribution in [-0.4, -0.2) is 13.7 Å². The lowest BCUT2D eigenvalue weighted by Gasteiger charge is -2.13. The van der Waals surface area contributed by atoms with E-state index in [-0.39, 0.29) is 6.04 Å². The maximum absolute atomic E-state index is 5.92. The van der Waals surface area contributed by atoms with Crippen molar-refractivity contribution in [1.82, 2.24) is 0 Å². The summed E-state index contributed by atoms with van der Waals surface area (Å²) in [6.07, 6.45) is 0. The van der Waals surface area contributed by atoms with Crippen LogP contribution < -0.4 is 5.73 Å². The number of nitrogens with two attached hydrogens (primary N) is 1. The van der Waals surface area contributed by atoms with Gasteiger partial charge in [0.15, 0.2) is 0 Å². The Morgan fingerprint density at radius 1 is 1.54 bits per heavy atom. The van der Waals surface area contributed by atoms with E-state index in [1.165, 1.54) is 5.56 Å². The summed E-state index contributed by atoms with van der Waals surface area (Å²) in [6, 6.07) is 6.06. The number of rotatable bonds is 3. The van der Waals surface area contributed by atoms with Gasteiger partial charge in [-0.15, -0.1) is 0 Å². The van der Waals surface area contributed by atoms with Crippen molar-refractivity contribution >= 4 is 15.9 Å². The molecule has 72 valence electrons. The molecule has 2 N–H and O–H groups in total. The predicted molar refractivity (Wildman–Crippen MR) is 57.7 cm³/mol. The van der Waals surface area contributed by atoms with Crippen molar-refractivity contribution in [3.63, 3.8) is 0 Å². The molecule has 0 heterocycles. The minimum atomic E-state index is -0.0295. The highest BCUT2D eigenvalue weighted by atomic mass is 79.9. The molecular weight excluding hydrogens is 230 g/mol. The van der Waals surface area contributed by atoms with Gasteiger partial charge in [0.2, 0.25) is 0 Å². The highest BCUT2D eigenvalue weighted by Gasteiger charge is 2.07. The Labute approximate surface area is 87.2 Å². The molecule has 0 aliphatic heterocycles. The molecular formula is C10H14BrNO. The first kappa shape index (κ1) is 10.7. The van der Waals surface area contributed by atoms with E-state index < -0.39 is 0 Å². The van der Waals surface area contributed by atoms with Crippen molar-refractivity contribution in [3.8, 4) is 0 Å². The molecule has 0 aliphatic rings. The van der Waals surface area contributed by atoms with Gasteiger partial charge in [-0.3, -0.25) is 0 Å². The Hall–Kier alpha value is -0.380. The van der Waals surface area contributed by atoms with Crippen molar-refractivity contribution in [1.29, 1.82) is 0 Å². The number of halogens is 1. The zero-order chi connectivity index (χ0) is 9.84. The maximum atomic E-state index is 5.92. The topological polar surface area (TPSA) is 35.2 Å². The van der Waals surface area contributed by atoms with E-state index in [1.807, 2.05) is 12.1 Å². The van der Waals surface area contributed by atoms with Crippen LogP contribution in [-0.2, 0) is 4.74 Å². The number of hydrogen-bond donors (Lipinski definition) is 1. The van der Waals surface area contributed by atoms with Crippen LogP contribution in [0.4, 0.5) is 0 Å². The zero-order valence-electron chi connectivity index (χ0n) is 7.88. The smallest absolute Gasteiger partial charge is 0.0655 e. The molecule has 0 aliphatic carbocycles. The molecule has 0 unspecified atom stereocenters. The first-order valence-corrected chi connectivity index (χ1v) is 4.95. The molecule has 0 amide bonds. The number of aryl methyl sites for hydroxylation is 1. The Bertz CT molecular complexity index is 288. The van der Waals surface area contributed by atoms with E-state index in [2.05, 4.69) is 28.9 Å². The highest BCUT2D eigenvalue weighted by Crippen LogP contribution is 2.20. The van der Waals surface area contributed by atoms with E-state index in [1.54, 1.807) is 7.11 Å². The first-order valence-electron chi connectivity index (χ1n) is 4.15. The fraction of sp³-hybridized carbons (Fsp3) is 0.400. The van der Waals surface area contributed by atoms with Crippen LogP contribution in [0.3, 0.4) is 0 Å². The molecule has 0 aromatic heterocycles. The molecule has 0 spiro atoms. The Balaban J connectivity index is 2.88. The van der Waals surface area contributed by atoms with Gasteiger partial charge in [0.1, 0.15) is 0 Å². The SMILES string of the molecule is COC[C@@H](N)c1ccc(Br)cc1C. The van der Waals surface area contributed by atoms with Gasteiger partial charge in [0.05, 0.1) is 12.6 Å². The lowest BCUT2D eigenvalue weighted by Crippen LogP contribution is -2.17. The van der Waals surface area contributed by atoms with E-state index in [4.69, 9.17) is 10.5 Å². The summed E-state index contributed by atoms with van der Waals surface area (Å²) in [6.45, 7) is 2.61. The van der Waals surface area contributed by atoms with Crippen LogP contribution in [0.2, 0.25) is 0 Å². The Kier molecular flexibility index (Phi) is 3.90. The third-order valence-electron chi connectivity index (χ3n) is 1.98. The van der Waals surface area contributed by atoms with Gasteiger partial charge in [-0.25, -0.2) is 0 Å². The normalized spacial score (nSPS) is 12.9. The molecule has 1 rings (SSSR count). The van der Waals surface area contributed by atoms with Crippen molar-refractivity contribution in [2.75, 3.05) is 13.7 Å². The highest BCUT2D eigenvalue weighted by molar-refractivity contribution is 9.10. The van der Waals surface area contributed by atoms with Crippen molar-refractivity contribution in [2.45, 2.75) is 13.0 Å². The monoisotopic (exact) mass is 243 g/mol. The second kappa shape index (κ2) is 4.74. The van der Waals surface area contributed by atoms with Crippen LogP contribution in [0.1, 0.15) is 17.2 Å². The molecule has 0 saturated carbocycles. The fourth-order valence-corrected chi connectivity index (χ4v) is 1.80. The number of benzene rings is 1. The van der Waals surface area contributed by atoms with Gasteiger partial charge in [-0.05, 0) is 30.2 Å². The summed E-state index contributed by atoms with van der Waals surface area (Å²) in [5.41, 5.74) is 8.25. The van der Waals surface area contributed by atoms with Crippen LogP contribution in [0, 0.1) is 6.92 Å². The summed E-state index contributed by atoms with van der Waals surface area (Å²) >= 11 is 3.41. The summed E-state index contributed by atoms with van der Waals surface area (Å²) < 4.78 is 6.09. The molecule has 2 nitrogen and oxygen atoms in total. The third-order valence-corrected chi connectivity index (χ3v) is 2.47. The lowest BCUT2D eigenvalue weighted by molar-refractivity contribution is 0.180. The molecule has 13 heavy (non-hydrogen) atoms. The minimum Gasteiger partial charge on any atom is -0.383 e. The van der Waals surface area contributed by atoms with Crippen LogP contribution in [0.25, 0.3) is 0 Å². The molecule has 0 bridgehead atoms. The lowest BCUT2D eigenvalue weighted by atomic mass is 10.0. The average molecular weight is 244 g/mol. The number of hydrogen-bond acceptors (Lipinski definition) is 2. The van der Waals surface area contributed by atoms with Crippen molar-refractivity contribution in [3.05, 3.63) is 33.8 Å². The fourth-order valence-electron chi connectivity index (χ4n) is 1.32. The molecule has 0 radical (unpaired) electrons. The van der Waals surface area contributed by atoms with Gasteiger partial charge in [0, 0.05) is 11.6 Å². The predicted octanol–water partition coefficient (Wildman–Crippen LogP) is 2.40. The standard InChI is InChI=1S/C10H14BrNO/c1-7-5-8(11)3-4-9(7)10(12)6-13-2/h3-5,10H,6,12H2,1-2H3/t10-/m1/s1. The summed E-state index contributed by atoms with van der Waals surface area (Å²) in [5, 5.41) is 0. The minimum absolute atomic E-state index is 0.0295. The van der Waals surface area contributed by atoms with Crippen molar-refractivity contribution in [2.24, 2.45) is 5.73 Å². The van der Waals surface area contributed by atoms with Gasteiger partial charge >= 0.3 is 0 Å². The molecule has 1 aromatic carbocycles. The van der Waals surface area contributed by atoms with E-state index in [0.29, 0.717) is 6.61 Å². The van der Waals surface area contributed by atoms with E-state index in [0.717, 1.165) is 10.0 Å². The van der Waals surface area contributed by atoms with Gasteiger partial charge in [-0.2, -0.15) is 0 Å². The number of ether oxygens (including phenoxy) is 1. The second-order valence-electron chi connectivity index (χ2n) is 3.06. The summed E-state index contributed by atoms with van der Waals surface area (Å²) in [4.78, 5) is 0. The quantitative estimate of drug-likeness (QED) is 0.886. The molecule has 0 saturated heterocycles. The maximum Gasteiger partial charge on any atom is 0.0655 e. The second-order valence-corrected chi connectivity index (χ2v) is 3.98. The Morgan fingerprint density at radius 2 is 2.23 bits per heavy atom. The molecule has 0 fully saturated rings. The Morgan fingerprint density at radius 3 is 2.77 bits per heavy atom. The first-order chi connectivity index (χ1) is 6.15. The van der Waals surface area contributed by atoms with Gasteiger partial charge in [0.25, 0.3) is 0 Å². The van der Waals surface area contributed by atoms with Crippen LogP contribution in [0.15, 0.2) is 22.7 Å². The van der Waals surface area contributed by atoms with Crippen molar-refractivity contribution < 1.29 is 4.74 Å². The third kappa shape index (κ3) is 2.79. The van der Waals surface area contributed by atoms with Gasteiger partial charge in [-0.1, -0.05) is 22.0 Å². The molecule has 1 aromatic rings. The largest absolute Gasteiger partial charge is 0.383 e. The van der Waals surface area contributed by atoms with Gasteiger partial charge < -0.3 is 10.5 Å².